The smallest absolute Gasteiger partial charge is 0.0676 e. The number of alkyl halides is 2. The van der Waals surface area contributed by atoms with E-state index in [0.29, 0.717) is 5.54 Å². The Morgan fingerprint density at radius 1 is 1.56 bits per heavy atom. The minimum absolute atomic E-state index is 0.0656. The van der Waals surface area contributed by atoms with E-state index in [9.17, 15) is 0 Å². The quantitative estimate of drug-likeness (QED) is 0.354. The third kappa shape index (κ3) is 3.29. The molecule has 0 spiro atoms. The van der Waals surface area contributed by atoms with Crippen molar-refractivity contribution in [3.8, 4) is 0 Å². The van der Waals surface area contributed by atoms with Gasteiger partial charge in [0.2, 0.25) is 0 Å². The van der Waals surface area contributed by atoms with Crippen LogP contribution >= 0.6 is 23.2 Å². The largest absolute Gasteiger partial charge is 0.121 e. The molecule has 0 aliphatic carbocycles. The van der Waals surface area contributed by atoms with Gasteiger partial charge in [-0.2, -0.15) is 0 Å². The lowest BCUT2D eigenvalue weighted by atomic mass is 10.2. The predicted molar refractivity (Wildman–Crippen MR) is 48.8 cm³/mol. The fourth-order valence-corrected chi connectivity index (χ4v) is 1.55. The lowest BCUT2D eigenvalue weighted by Crippen LogP contribution is -2.16. The van der Waals surface area contributed by atoms with Crippen molar-refractivity contribution in [2.45, 2.75) is 23.2 Å². The number of rotatable bonds is 3. The third-order valence-corrected chi connectivity index (χ3v) is 3.66. The lowest BCUT2D eigenvalue weighted by Gasteiger charge is -2.15. The van der Waals surface area contributed by atoms with Crippen molar-refractivity contribution in [3.63, 3.8) is 0 Å². The van der Waals surface area contributed by atoms with Crippen LogP contribution in [0.4, 0.5) is 0 Å². The molecule has 0 aliphatic heterocycles. The Kier molecular flexibility index (Phi) is 4.63. The highest BCUT2D eigenvalue weighted by molar-refractivity contribution is 6.33. The highest BCUT2D eigenvalue weighted by Gasteiger charge is 2.16. The maximum Gasteiger partial charge on any atom is 0.0676 e. The highest BCUT2D eigenvalue weighted by Crippen LogP contribution is 2.20. The second-order valence-electron chi connectivity index (χ2n) is 2.37. The summed E-state index contributed by atoms with van der Waals surface area (Å²) in [5.41, 5.74) is 0.548. The molecular formula is C6H12Cl2Si. The van der Waals surface area contributed by atoms with Gasteiger partial charge in [0.25, 0.3) is 0 Å². The van der Waals surface area contributed by atoms with Crippen LogP contribution in [0.15, 0.2) is 12.7 Å². The maximum absolute atomic E-state index is 5.90. The second kappa shape index (κ2) is 4.37. The zero-order chi connectivity index (χ0) is 7.44. The topological polar surface area (TPSA) is 0 Å². The van der Waals surface area contributed by atoms with E-state index in [1.165, 1.54) is 0 Å². The molecule has 54 valence electrons. The first-order valence-corrected chi connectivity index (χ1v) is 5.03. The van der Waals surface area contributed by atoms with Crippen molar-refractivity contribution in [1.82, 2.24) is 0 Å². The zero-order valence-electron chi connectivity index (χ0n) is 5.77. The maximum atomic E-state index is 5.90. The average Bonchev–Trinajstić information content (AvgIpc) is 1.84. The van der Waals surface area contributed by atoms with Gasteiger partial charge in [0, 0.05) is 10.2 Å². The van der Waals surface area contributed by atoms with E-state index >= 15 is 0 Å². The van der Waals surface area contributed by atoms with Crippen LogP contribution in [-0.4, -0.2) is 21.0 Å². The summed E-state index contributed by atoms with van der Waals surface area (Å²) in [5, 5.41) is -0.00463. The zero-order valence-corrected chi connectivity index (χ0v) is 9.28. The van der Waals surface area contributed by atoms with Crippen LogP contribution in [0.2, 0.25) is 5.54 Å². The fourth-order valence-electron chi connectivity index (χ4n) is 0.498. The molecular weight excluding hydrogens is 171 g/mol. The molecule has 0 aliphatic rings. The van der Waals surface area contributed by atoms with Gasteiger partial charge in [-0.1, -0.05) is 13.0 Å². The van der Waals surface area contributed by atoms with Gasteiger partial charge in [-0.05, 0) is 5.54 Å². The molecule has 3 unspecified atom stereocenters. The molecule has 0 saturated heterocycles. The van der Waals surface area contributed by atoms with E-state index in [1.807, 2.05) is 0 Å². The van der Waals surface area contributed by atoms with Crippen molar-refractivity contribution < 1.29 is 0 Å². The third-order valence-electron chi connectivity index (χ3n) is 1.17. The molecule has 0 rings (SSSR count). The van der Waals surface area contributed by atoms with Crippen LogP contribution in [0.25, 0.3) is 0 Å². The van der Waals surface area contributed by atoms with Crippen LogP contribution < -0.4 is 0 Å². The summed E-state index contributed by atoms with van der Waals surface area (Å²) in [6.07, 6.45) is 1.69. The Morgan fingerprint density at radius 2 is 2.00 bits per heavy atom. The minimum Gasteiger partial charge on any atom is -0.121 e. The van der Waals surface area contributed by atoms with Crippen molar-refractivity contribution in [3.05, 3.63) is 12.7 Å². The standard InChI is InChI=1S/C6H12Cl2Si/c1-3-5(7)6(8)4(2)9/h3-6H,1H2,2,9H3. The molecule has 9 heavy (non-hydrogen) atoms. The summed E-state index contributed by atoms with van der Waals surface area (Å²) >= 11 is 11.7. The molecule has 0 radical (unpaired) electrons. The summed E-state index contributed by atoms with van der Waals surface area (Å²) in [7, 11) is 1.09. The molecule has 0 aromatic carbocycles. The Balaban J connectivity index is 3.71. The van der Waals surface area contributed by atoms with Gasteiger partial charge in [-0.3, -0.25) is 0 Å². The van der Waals surface area contributed by atoms with Gasteiger partial charge in [-0.15, -0.1) is 29.8 Å². The Labute approximate surface area is 69.7 Å². The lowest BCUT2D eigenvalue weighted by molar-refractivity contribution is 0.828. The molecule has 0 N–H and O–H groups in total. The monoisotopic (exact) mass is 182 g/mol. The summed E-state index contributed by atoms with van der Waals surface area (Å²) in [6.45, 7) is 5.66. The van der Waals surface area contributed by atoms with E-state index in [1.54, 1.807) is 6.08 Å². The van der Waals surface area contributed by atoms with Crippen LogP contribution in [-0.2, 0) is 0 Å². The van der Waals surface area contributed by atoms with E-state index < -0.39 is 0 Å². The number of allylic oxidation sites excluding steroid dienone is 1. The van der Waals surface area contributed by atoms with Gasteiger partial charge in [-0.25, -0.2) is 0 Å². The van der Waals surface area contributed by atoms with Gasteiger partial charge in [0.15, 0.2) is 0 Å². The molecule has 0 heterocycles. The Bertz CT molecular complexity index is 93.1. The summed E-state index contributed by atoms with van der Waals surface area (Å²) < 4.78 is 0. The molecule has 0 fully saturated rings. The van der Waals surface area contributed by atoms with Gasteiger partial charge < -0.3 is 0 Å². The molecule has 0 nitrogen and oxygen atoms in total. The van der Waals surface area contributed by atoms with Crippen LogP contribution in [0.3, 0.4) is 0 Å². The van der Waals surface area contributed by atoms with Crippen LogP contribution in [0, 0.1) is 0 Å². The summed E-state index contributed by atoms with van der Waals surface area (Å²) in [4.78, 5) is 0. The SMILES string of the molecule is C=CC(Cl)C(Cl)C(C)[SiH3]. The fraction of sp³-hybridized carbons (Fsp3) is 0.667. The van der Waals surface area contributed by atoms with Gasteiger partial charge in [0.05, 0.1) is 10.8 Å². The highest BCUT2D eigenvalue weighted by atomic mass is 35.5. The van der Waals surface area contributed by atoms with Crippen molar-refractivity contribution in [1.29, 1.82) is 0 Å². The molecule has 0 aromatic rings. The van der Waals surface area contributed by atoms with Gasteiger partial charge >= 0.3 is 0 Å². The summed E-state index contributed by atoms with van der Waals surface area (Å²) in [6, 6.07) is 0. The van der Waals surface area contributed by atoms with Gasteiger partial charge in [0.1, 0.15) is 0 Å². The first-order chi connectivity index (χ1) is 4.09. The molecule has 0 bridgehead atoms. The second-order valence-corrected chi connectivity index (χ2v) is 5.20. The molecule has 0 amide bonds. The Morgan fingerprint density at radius 3 is 2.11 bits per heavy atom. The summed E-state index contributed by atoms with van der Waals surface area (Å²) in [5.74, 6) is 0. The molecule has 3 atom stereocenters. The first kappa shape index (κ1) is 9.54. The van der Waals surface area contributed by atoms with E-state index in [-0.39, 0.29) is 10.8 Å². The molecule has 0 aromatic heterocycles. The van der Waals surface area contributed by atoms with Crippen molar-refractivity contribution in [2.24, 2.45) is 0 Å². The normalized spacial score (nSPS) is 20.8. The van der Waals surface area contributed by atoms with E-state index in [0.717, 1.165) is 10.2 Å². The van der Waals surface area contributed by atoms with E-state index in [2.05, 4.69) is 13.5 Å². The minimum atomic E-state index is -0.0702. The number of halogens is 2. The van der Waals surface area contributed by atoms with E-state index in [4.69, 9.17) is 23.2 Å². The van der Waals surface area contributed by atoms with Crippen LogP contribution in [0.1, 0.15) is 6.92 Å². The average molecular weight is 183 g/mol. The van der Waals surface area contributed by atoms with Crippen LogP contribution in [0.5, 0.6) is 0 Å². The predicted octanol–water partition coefficient (Wildman–Crippen LogP) is 1.56. The number of hydrogen-bond acceptors (Lipinski definition) is 0. The molecule has 0 saturated carbocycles. The first-order valence-electron chi connectivity index (χ1n) is 3.00. The Hall–Kier alpha value is 0.537. The molecule has 3 heteroatoms. The van der Waals surface area contributed by atoms with Crippen molar-refractivity contribution >= 4 is 33.4 Å². The van der Waals surface area contributed by atoms with Crippen molar-refractivity contribution in [2.75, 3.05) is 0 Å². The number of hydrogen-bond donors (Lipinski definition) is 0.